The Morgan fingerprint density at radius 2 is 1.92 bits per heavy atom. The molecule has 6 rings (SSSR count). The number of aromatic nitrogens is 4. The van der Waals surface area contributed by atoms with Crippen molar-refractivity contribution in [2.75, 3.05) is 0 Å². The van der Waals surface area contributed by atoms with Gasteiger partial charge in [0.25, 0.3) is 0 Å². The van der Waals surface area contributed by atoms with Gasteiger partial charge in [-0.25, -0.2) is 15.0 Å². The number of ether oxygens (including phenoxy) is 1. The van der Waals surface area contributed by atoms with E-state index in [9.17, 15) is 9.18 Å². The number of fused-ring (bicyclic) bond motifs is 3. The summed E-state index contributed by atoms with van der Waals surface area (Å²) in [6.07, 6.45) is 7.75. The van der Waals surface area contributed by atoms with Gasteiger partial charge in [0.2, 0.25) is 6.10 Å². The molecule has 2 aromatic heterocycles. The maximum Gasteiger partial charge on any atom is 0.249 e. The van der Waals surface area contributed by atoms with Gasteiger partial charge in [0.05, 0.1) is 22.6 Å². The van der Waals surface area contributed by atoms with Crippen molar-refractivity contribution in [3.05, 3.63) is 71.6 Å². The van der Waals surface area contributed by atoms with Crippen LogP contribution < -0.4 is 10.5 Å². The number of nitrogens with zero attached hydrogens (tertiary/aromatic N) is 4. The predicted octanol–water partition coefficient (Wildman–Crippen LogP) is 6.49. The summed E-state index contributed by atoms with van der Waals surface area (Å²) >= 11 is 0. The Morgan fingerprint density at radius 3 is 2.54 bits per heavy atom. The van der Waals surface area contributed by atoms with Crippen LogP contribution in [0, 0.1) is 0 Å². The number of ketones is 1. The molecule has 0 amide bonds. The van der Waals surface area contributed by atoms with Gasteiger partial charge in [-0.1, -0.05) is 47.7 Å². The third-order valence-electron chi connectivity index (χ3n) is 7.41. The van der Waals surface area contributed by atoms with Crippen molar-refractivity contribution < 1.29 is 13.9 Å². The van der Waals surface area contributed by atoms with Gasteiger partial charge in [-0.05, 0) is 56.4 Å². The van der Waals surface area contributed by atoms with Crippen molar-refractivity contribution in [3.8, 4) is 16.9 Å². The number of alkyl halides is 1. The number of hydrogen-bond acceptors (Lipinski definition) is 6. The Morgan fingerprint density at radius 1 is 1.21 bits per heavy atom. The van der Waals surface area contributed by atoms with E-state index in [1.807, 2.05) is 33.8 Å². The third-order valence-corrected chi connectivity index (χ3v) is 7.55. The molecule has 204 valence electrons. The lowest BCUT2D eigenvalue weighted by Gasteiger charge is -2.36. The second-order valence-electron chi connectivity index (χ2n) is 10.4. The lowest BCUT2D eigenvalue weighted by atomic mass is 9.77. The maximum atomic E-state index is 13.9. The van der Waals surface area contributed by atoms with Crippen LogP contribution in [-0.4, -0.2) is 31.4 Å². The standard InChI is InChI=1S/C27H27FN5O2P.C3H8/c1-15(34)18-4-2-5-22(35-26(28)36)24(18)20-8-9-23-32-19-7-6-16(12-21(19)33(20)23)17-13-30-25(31-14-17)27(29)10-3-11-27;1-3-2/h2,4-7,12-14,20,26H,3,8-11,29,36H2,1H3;3H2,1-2H3/t20-,26?;/m1./s1. The van der Waals surface area contributed by atoms with Crippen LogP contribution >= 0.6 is 9.24 Å². The number of rotatable bonds is 6. The molecule has 7 nitrogen and oxygen atoms in total. The molecule has 2 aliphatic rings. The molecule has 0 spiro atoms. The SMILES string of the molecule is CC(=O)c1cccc(OC(F)P)c1[C@H]1CCc2nc3ccc(-c4cnc(C5(N)CCC5)nc4)cc3n21.CCC. The molecule has 2 aromatic carbocycles. The van der Waals surface area contributed by atoms with Gasteiger partial charge >= 0.3 is 0 Å². The summed E-state index contributed by atoms with van der Waals surface area (Å²) in [5.41, 5.74) is 10.9. The van der Waals surface area contributed by atoms with Gasteiger partial charge < -0.3 is 15.0 Å². The Hall–Kier alpha value is -3.22. The van der Waals surface area contributed by atoms with Crippen molar-refractivity contribution >= 4 is 26.1 Å². The fraction of sp³-hybridized carbons (Fsp3) is 0.400. The van der Waals surface area contributed by atoms with Crippen LogP contribution in [0.3, 0.4) is 0 Å². The van der Waals surface area contributed by atoms with Crippen LogP contribution in [0.5, 0.6) is 5.75 Å². The minimum absolute atomic E-state index is 0.0884. The summed E-state index contributed by atoms with van der Waals surface area (Å²) in [6, 6.07) is 11.1. The number of aryl methyl sites for hydroxylation is 1. The summed E-state index contributed by atoms with van der Waals surface area (Å²) in [6.45, 7) is 5.77. The average Bonchev–Trinajstić information content (AvgIpc) is 3.46. The molecule has 0 saturated heterocycles. The van der Waals surface area contributed by atoms with Crippen LogP contribution in [0.4, 0.5) is 4.39 Å². The first-order valence-electron chi connectivity index (χ1n) is 13.6. The molecule has 2 unspecified atom stereocenters. The van der Waals surface area contributed by atoms with Gasteiger partial charge in [0.15, 0.2) is 5.78 Å². The second kappa shape index (κ2) is 11.1. The van der Waals surface area contributed by atoms with E-state index < -0.39 is 11.6 Å². The Bertz CT molecular complexity index is 1500. The normalized spacial score (nSPS) is 18.1. The van der Waals surface area contributed by atoms with Gasteiger partial charge in [-0.15, -0.1) is 0 Å². The van der Waals surface area contributed by atoms with E-state index in [4.69, 9.17) is 15.5 Å². The van der Waals surface area contributed by atoms with E-state index >= 15 is 0 Å². The van der Waals surface area contributed by atoms with Crippen molar-refractivity contribution in [2.45, 2.75) is 77.0 Å². The summed E-state index contributed by atoms with van der Waals surface area (Å²) in [5.74, 6) is 1.91. The number of carbonyl (C=O) groups excluding carboxylic acids is 1. The quantitative estimate of drug-likeness (QED) is 0.219. The zero-order chi connectivity index (χ0) is 27.7. The summed E-state index contributed by atoms with van der Waals surface area (Å²) in [5, 5.41) is 0. The number of halogens is 1. The minimum Gasteiger partial charge on any atom is -0.457 e. The van der Waals surface area contributed by atoms with E-state index in [0.717, 1.165) is 60.1 Å². The zero-order valence-electron chi connectivity index (χ0n) is 22.7. The molecule has 1 aliphatic heterocycles. The first-order valence-corrected chi connectivity index (χ1v) is 14.2. The first kappa shape index (κ1) is 27.4. The number of nitrogens with two attached hydrogens (primary N) is 1. The number of imidazole rings is 1. The molecule has 39 heavy (non-hydrogen) atoms. The van der Waals surface area contributed by atoms with Crippen LogP contribution in [-0.2, 0) is 12.0 Å². The van der Waals surface area contributed by atoms with Crippen molar-refractivity contribution in [2.24, 2.45) is 5.73 Å². The van der Waals surface area contributed by atoms with Crippen LogP contribution in [0.25, 0.3) is 22.2 Å². The molecule has 9 heteroatoms. The summed E-state index contributed by atoms with van der Waals surface area (Å²) < 4.78 is 21.5. The molecule has 0 bridgehead atoms. The molecule has 0 radical (unpaired) electrons. The maximum absolute atomic E-state index is 13.9. The number of benzene rings is 2. The van der Waals surface area contributed by atoms with Gasteiger partial charge in [-0.3, -0.25) is 4.79 Å². The van der Waals surface area contributed by atoms with E-state index in [0.29, 0.717) is 22.7 Å². The Kier molecular flexibility index (Phi) is 7.79. The van der Waals surface area contributed by atoms with E-state index in [1.165, 1.54) is 13.3 Å². The highest BCUT2D eigenvalue weighted by Gasteiger charge is 2.37. The second-order valence-corrected chi connectivity index (χ2v) is 10.9. The van der Waals surface area contributed by atoms with Crippen molar-refractivity contribution in [3.63, 3.8) is 0 Å². The van der Waals surface area contributed by atoms with Crippen LogP contribution in [0.2, 0.25) is 0 Å². The molecule has 2 N–H and O–H groups in total. The molecular formula is C30H35FN5O2P. The smallest absolute Gasteiger partial charge is 0.249 e. The van der Waals surface area contributed by atoms with Crippen molar-refractivity contribution in [1.82, 2.24) is 19.5 Å². The number of carbonyl (C=O) groups is 1. The molecule has 4 aromatic rings. The molecule has 1 aliphatic carbocycles. The Balaban J connectivity index is 0.000000983. The molecule has 1 saturated carbocycles. The zero-order valence-corrected chi connectivity index (χ0v) is 23.8. The topological polar surface area (TPSA) is 95.9 Å². The highest BCUT2D eigenvalue weighted by atomic mass is 31.0. The molecule has 3 heterocycles. The van der Waals surface area contributed by atoms with E-state index in [1.54, 1.807) is 18.2 Å². The Labute approximate surface area is 230 Å². The molecule has 3 atom stereocenters. The van der Waals surface area contributed by atoms with Crippen molar-refractivity contribution in [1.29, 1.82) is 0 Å². The first-order chi connectivity index (χ1) is 18.8. The summed E-state index contributed by atoms with van der Waals surface area (Å²) in [7, 11) is 2.00. The van der Waals surface area contributed by atoms with E-state index in [2.05, 4.69) is 34.4 Å². The van der Waals surface area contributed by atoms with Gasteiger partial charge in [0, 0.05) is 35.5 Å². The van der Waals surface area contributed by atoms with E-state index in [-0.39, 0.29) is 11.8 Å². The fourth-order valence-electron chi connectivity index (χ4n) is 5.45. The average molecular weight is 548 g/mol. The highest BCUT2D eigenvalue weighted by molar-refractivity contribution is 7.16. The number of Topliss-reactive ketones (excluding diaryl/α,β-unsaturated/α-hetero) is 1. The van der Waals surface area contributed by atoms with Gasteiger partial charge in [0.1, 0.15) is 17.4 Å². The molecule has 1 fully saturated rings. The predicted molar refractivity (Wildman–Crippen MR) is 155 cm³/mol. The fourth-order valence-corrected chi connectivity index (χ4v) is 5.60. The lowest BCUT2D eigenvalue weighted by molar-refractivity contribution is 0.101. The minimum atomic E-state index is -1.58. The lowest BCUT2D eigenvalue weighted by Crippen LogP contribution is -2.44. The van der Waals surface area contributed by atoms with Crippen LogP contribution in [0.15, 0.2) is 48.8 Å². The van der Waals surface area contributed by atoms with Crippen LogP contribution in [0.1, 0.15) is 86.5 Å². The largest absolute Gasteiger partial charge is 0.457 e. The monoisotopic (exact) mass is 547 g/mol. The molecular weight excluding hydrogens is 512 g/mol. The highest BCUT2D eigenvalue weighted by Crippen LogP contribution is 2.42. The summed E-state index contributed by atoms with van der Waals surface area (Å²) in [4.78, 5) is 26.5. The van der Waals surface area contributed by atoms with Gasteiger partial charge in [-0.2, -0.15) is 4.39 Å². The number of hydrogen-bond donors (Lipinski definition) is 1. The third kappa shape index (κ3) is 5.20.